The zero-order valence-electron chi connectivity index (χ0n) is 11.1. The summed E-state index contributed by atoms with van der Waals surface area (Å²) >= 11 is 6.03. The summed E-state index contributed by atoms with van der Waals surface area (Å²) < 4.78 is 27.6. The lowest BCUT2D eigenvalue weighted by Crippen LogP contribution is -2.48. The van der Waals surface area contributed by atoms with Gasteiger partial charge in [0.05, 0.1) is 10.8 Å². The predicted octanol–water partition coefficient (Wildman–Crippen LogP) is 3.00. The van der Waals surface area contributed by atoms with Gasteiger partial charge in [-0.25, -0.2) is 13.1 Å². The van der Waals surface area contributed by atoms with Crippen LogP contribution in [0.1, 0.15) is 38.2 Å². The molecule has 1 fully saturated rings. The molecule has 0 heterocycles. The summed E-state index contributed by atoms with van der Waals surface area (Å²) in [7, 11) is -3.31. The van der Waals surface area contributed by atoms with Gasteiger partial charge in [-0.15, -0.1) is 11.6 Å². The van der Waals surface area contributed by atoms with E-state index in [9.17, 15) is 8.42 Å². The first-order valence-corrected chi connectivity index (χ1v) is 8.70. The minimum atomic E-state index is -3.31. The van der Waals surface area contributed by atoms with Crippen LogP contribution in [-0.2, 0) is 15.6 Å². The second-order valence-electron chi connectivity index (χ2n) is 5.39. The molecule has 1 aromatic rings. The molecule has 0 aromatic heterocycles. The van der Waals surface area contributed by atoms with Gasteiger partial charge in [-0.1, -0.05) is 43.2 Å². The van der Waals surface area contributed by atoms with E-state index in [-0.39, 0.29) is 11.1 Å². The fourth-order valence-electron chi connectivity index (χ4n) is 2.57. The SMILES string of the molecule is CC(CCl)(NS(=O)(=O)C1CCCC1)c1ccccc1. The number of nitrogens with one attached hydrogen (secondary N) is 1. The third-order valence-corrected chi connectivity index (χ3v) is 6.41. The highest BCUT2D eigenvalue weighted by atomic mass is 35.5. The van der Waals surface area contributed by atoms with Crippen molar-refractivity contribution in [2.24, 2.45) is 0 Å². The summed E-state index contributed by atoms with van der Waals surface area (Å²) in [5.41, 5.74) is 0.149. The van der Waals surface area contributed by atoms with Gasteiger partial charge >= 0.3 is 0 Å². The van der Waals surface area contributed by atoms with Crippen LogP contribution in [0.5, 0.6) is 0 Å². The minimum absolute atomic E-state index is 0.211. The highest BCUT2D eigenvalue weighted by Crippen LogP contribution is 2.29. The summed E-state index contributed by atoms with van der Waals surface area (Å²) in [5.74, 6) is 0.211. The molecule has 106 valence electrons. The van der Waals surface area contributed by atoms with E-state index in [1.54, 1.807) is 0 Å². The number of halogens is 1. The van der Waals surface area contributed by atoms with Crippen molar-refractivity contribution in [2.75, 3.05) is 5.88 Å². The Morgan fingerprint density at radius 2 is 1.84 bits per heavy atom. The van der Waals surface area contributed by atoms with E-state index in [2.05, 4.69) is 4.72 Å². The van der Waals surface area contributed by atoms with Gasteiger partial charge in [0, 0.05) is 5.88 Å². The zero-order valence-corrected chi connectivity index (χ0v) is 12.7. The van der Waals surface area contributed by atoms with E-state index in [1.807, 2.05) is 37.3 Å². The van der Waals surface area contributed by atoms with E-state index in [0.29, 0.717) is 0 Å². The van der Waals surface area contributed by atoms with E-state index in [1.165, 1.54) is 0 Å². The molecule has 0 bridgehead atoms. The van der Waals surface area contributed by atoms with E-state index in [0.717, 1.165) is 31.2 Å². The highest BCUT2D eigenvalue weighted by Gasteiger charge is 2.36. The second-order valence-corrected chi connectivity index (χ2v) is 7.61. The number of hydrogen-bond donors (Lipinski definition) is 1. The van der Waals surface area contributed by atoms with Crippen LogP contribution in [0.15, 0.2) is 30.3 Å². The Kier molecular flexibility index (Phi) is 4.54. The number of rotatable bonds is 5. The van der Waals surface area contributed by atoms with E-state index in [4.69, 9.17) is 11.6 Å². The zero-order chi connectivity index (χ0) is 13.9. The normalized spacial score (nSPS) is 20.3. The lowest BCUT2D eigenvalue weighted by atomic mass is 9.96. The van der Waals surface area contributed by atoms with Crippen LogP contribution < -0.4 is 4.72 Å². The number of benzene rings is 1. The first-order valence-electron chi connectivity index (χ1n) is 6.62. The Morgan fingerprint density at radius 1 is 1.26 bits per heavy atom. The van der Waals surface area contributed by atoms with Crippen LogP contribution in [0.4, 0.5) is 0 Å². The molecule has 1 unspecified atom stereocenters. The van der Waals surface area contributed by atoms with Gasteiger partial charge in [-0.2, -0.15) is 0 Å². The molecule has 0 saturated heterocycles. The molecule has 0 amide bonds. The lowest BCUT2D eigenvalue weighted by Gasteiger charge is -2.30. The quantitative estimate of drug-likeness (QED) is 0.850. The average Bonchev–Trinajstić information content (AvgIpc) is 2.94. The molecule has 3 nitrogen and oxygen atoms in total. The van der Waals surface area contributed by atoms with Gasteiger partial charge in [0.1, 0.15) is 0 Å². The van der Waals surface area contributed by atoms with Crippen molar-refractivity contribution < 1.29 is 8.42 Å². The molecule has 0 aliphatic heterocycles. The lowest BCUT2D eigenvalue weighted by molar-refractivity contribution is 0.470. The molecule has 1 saturated carbocycles. The number of hydrogen-bond acceptors (Lipinski definition) is 2. The van der Waals surface area contributed by atoms with Crippen molar-refractivity contribution in [2.45, 2.75) is 43.4 Å². The minimum Gasteiger partial charge on any atom is -0.212 e. The molecular formula is C14H20ClNO2S. The Morgan fingerprint density at radius 3 is 2.37 bits per heavy atom. The largest absolute Gasteiger partial charge is 0.215 e. The standard InChI is InChI=1S/C14H20ClNO2S/c1-14(11-15,12-7-3-2-4-8-12)16-19(17,18)13-9-5-6-10-13/h2-4,7-8,13,16H,5-6,9-11H2,1H3. The van der Waals surface area contributed by atoms with E-state index < -0.39 is 15.6 Å². The third kappa shape index (κ3) is 3.30. The third-order valence-electron chi connectivity index (χ3n) is 3.79. The first kappa shape index (κ1) is 14.8. The fourth-order valence-corrected chi connectivity index (χ4v) is 4.80. The van der Waals surface area contributed by atoms with Crippen molar-refractivity contribution in [3.05, 3.63) is 35.9 Å². The number of sulfonamides is 1. The molecule has 1 aromatic carbocycles. The Bertz CT molecular complexity index is 512. The summed E-state index contributed by atoms with van der Waals surface area (Å²) in [6, 6.07) is 9.50. The van der Waals surface area contributed by atoms with Crippen LogP contribution >= 0.6 is 11.6 Å². The van der Waals surface area contributed by atoms with Crippen LogP contribution in [0.3, 0.4) is 0 Å². The van der Waals surface area contributed by atoms with Gasteiger partial charge < -0.3 is 0 Å². The summed E-state index contributed by atoms with van der Waals surface area (Å²) in [4.78, 5) is 0. The van der Waals surface area contributed by atoms with Crippen molar-refractivity contribution in [3.63, 3.8) is 0 Å². The topological polar surface area (TPSA) is 46.2 Å². The van der Waals surface area contributed by atoms with Crippen molar-refractivity contribution in [1.29, 1.82) is 0 Å². The van der Waals surface area contributed by atoms with Gasteiger partial charge in [0.2, 0.25) is 10.0 Å². The highest BCUT2D eigenvalue weighted by molar-refractivity contribution is 7.90. The van der Waals surface area contributed by atoms with Gasteiger partial charge in [-0.05, 0) is 25.3 Å². The molecule has 0 radical (unpaired) electrons. The maximum absolute atomic E-state index is 12.4. The molecule has 1 atom stereocenters. The van der Waals surface area contributed by atoms with E-state index >= 15 is 0 Å². The van der Waals surface area contributed by atoms with Crippen LogP contribution in [0.2, 0.25) is 0 Å². The van der Waals surface area contributed by atoms with Gasteiger partial charge in [0.15, 0.2) is 0 Å². The molecule has 1 aliphatic carbocycles. The van der Waals surface area contributed by atoms with Crippen LogP contribution in [0.25, 0.3) is 0 Å². The first-order chi connectivity index (χ1) is 8.98. The van der Waals surface area contributed by atoms with Crippen molar-refractivity contribution >= 4 is 21.6 Å². The molecule has 1 aliphatic rings. The molecule has 5 heteroatoms. The molecule has 0 spiro atoms. The maximum atomic E-state index is 12.4. The smallest absolute Gasteiger partial charge is 0.212 e. The Balaban J connectivity index is 2.23. The van der Waals surface area contributed by atoms with Gasteiger partial charge in [-0.3, -0.25) is 0 Å². The second kappa shape index (κ2) is 5.81. The monoisotopic (exact) mass is 301 g/mol. The van der Waals surface area contributed by atoms with Crippen molar-refractivity contribution in [1.82, 2.24) is 4.72 Å². The Labute approximate surface area is 120 Å². The fraction of sp³-hybridized carbons (Fsp3) is 0.571. The molecule has 19 heavy (non-hydrogen) atoms. The summed E-state index contributed by atoms with van der Waals surface area (Å²) in [6.07, 6.45) is 3.49. The summed E-state index contributed by atoms with van der Waals surface area (Å²) in [5, 5.41) is -0.265. The predicted molar refractivity (Wildman–Crippen MR) is 78.8 cm³/mol. The average molecular weight is 302 g/mol. The van der Waals surface area contributed by atoms with Crippen molar-refractivity contribution in [3.8, 4) is 0 Å². The van der Waals surface area contributed by atoms with Crippen LogP contribution in [0, 0.1) is 0 Å². The Hall–Kier alpha value is -0.580. The molecule has 2 rings (SSSR count). The molecule has 1 N–H and O–H groups in total. The van der Waals surface area contributed by atoms with Crippen LogP contribution in [-0.4, -0.2) is 19.5 Å². The summed E-state index contributed by atoms with van der Waals surface area (Å²) in [6.45, 7) is 1.84. The van der Waals surface area contributed by atoms with Gasteiger partial charge in [0.25, 0.3) is 0 Å². The molecular weight excluding hydrogens is 282 g/mol. The maximum Gasteiger partial charge on any atom is 0.215 e. The number of alkyl halides is 1.